The van der Waals surface area contributed by atoms with Gasteiger partial charge in [-0.3, -0.25) is 9.59 Å². The number of piperazine rings is 1. The first-order valence-corrected chi connectivity index (χ1v) is 9.08. The molecule has 1 atom stereocenters. The van der Waals surface area contributed by atoms with Crippen molar-refractivity contribution in [3.05, 3.63) is 71.0 Å². The van der Waals surface area contributed by atoms with E-state index in [4.69, 9.17) is 5.73 Å². The summed E-state index contributed by atoms with van der Waals surface area (Å²) in [6.07, 6.45) is 0.0313. The van der Waals surface area contributed by atoms with Crippen molar-refractivity contribution < 1.29 is 14.0 Å². The molecule has 0 saturated carbocycles. The van der Waals surface area contributed by atoms with Gasteiger partial charge in [0.05, 0.1) is 6.42 Å². The fourth-order valence-corrected chi connectivity index (χ4v) is 3.21. The minimum atomic E-state index is -0.703. The molecule has 27 heavy (non-hydrogen) atoms. The molecule has 1 unspecified atom stereocenters. The number of carbonyl (C=O) groups excluding carboxylic acids is 2. The molecule has 0 spiro atoms. The van der Waals surface area contributed by atoms with Crippen molar-refractivity contribution in [2.24, 2.45) is 5.73 Å². The van der Waals surface area contributed by atoms with Gasteiger partial charge in [0.1, 0.15) is 11.9 Å². The summed E-state index contributed by atoms with van der Waals surface area (Å²) >= 11 is 0. The van der Waals surface area contributed by atoms with Gasteiger partial charge in [0.25, 0.3) is 0 Å². The predicted octanol–water partition coefficient (Wildman–Crippen LogP) is 2.05. The number of amides is 2. The van der Waals surface area contributed by atoms with Crippen LogP contribution in [0.1, 0.15) is 22.7 Å². The summed E-state index contributed by atoms with van der Waals surface area (Å²) in [5, 5.41) is 0. The van der Waals surface area contributed by atoms with Crippen LogP contribution < -0.4 is 5.73 Å². The summed E-state index contributed by atoms with van der Waals surface area (Å²) in [5.41, 5.74) is 8.40. The molecule has 1 heterocycles. The standard InChI is InChI=1S/C21H24FN3O2/c1-15-6-8-16(9-7-15)20(23)21(27)25-12-10-24(11-13-25)19(26)14-17-4-2-3-5-18(17)22/h2-9,20H,10-14,23H2,1H3. The van der Waals surface area contributed by atoms with E-state index < -0.39 is 6.04 Å². The second-order valence-electron chi connectivity index (χ2n) is 6.86. The summed E-state index contributed by atoms with van der Waals surface area (Å²) < 4.78 is 13.7. The Morgan fingerprint density at radius 2 is 1.59 bits per heavy atom. The first kappa shape index (κ1) is 19.0. The van der Waals surface area contributed by atoms with Gasteiger partial charge in [-0.2, -0.15) is 0 Å². The maximum absolute atomic E-state index is 13.7. The van der Waals surface area contributed by atoms with Gasteiger partial charge in [-0.1, -0.05) is 48.0 Å². The Morgan fingerprint density at radius 1 is 1.00 bits per heavy atom. The quantitative estimate of drug-likeness (QED) is 0.897. The smallest absolute Gasteiger partial charge is 0.244 e. The highest BCUT2D eigenvalue weighted by Crippen LogP contribution is 2.16. The van der Waals surface area contributed by atoms with E-state index in [2.05, 4.69) is 0 Å². The van der Waals surface area contributed by atoms with Gasteiger partial charge in [0.2, 0.25) is 11.8 Å². The molecular weight excluding hydrogens is 345 g/mol. The Kier molecular flexibility index (Phi) is 5.86. The fraction of sp³-hybridized carbons (Fsp3) is 0.333. The van der Waals surface area contributed by atoms with Crippen LogP contribution in [0.15, 0.2) is 48.5 Å². The monoisotopic (exact) mass is 369 g/mol. The van der Waals surface area contributed by atoms with Gasteiger partial charge in [-0.15, -0.1) is 0 Å². The average molecular weight is 369 g/mol. The van der Waals surface area contributed by atoms with Crippen molar-refractivity contribution in [3.63, 3.8) is 0 Å². The highest BCUT2D eigenvalue weighted by molar-refractivity contribution is 5.84. The SMILES string of the molecule is Cc1ccc(C(N)C(=O)N2CCN(C(=O)Cc3ccccc3F)CC2)cc1. The zero-order chi connectivity index (χ0) is 19.4. The van der Waals surface area contributed by atoms with E-state index >= 15 is 0 Å². The Hall–Kier alpha value is -2.73. The molecule has 0 aliphatic carbocycles. The van der Waals surface area contributed by atoms with Gasteiger partial charge in [0, 0.05) is 26.2 Å². The molecule has 0 aromatic heterocycles. The molecule has 3 rings (SSSR count). The highest BCUT2D eigenvalue weighted by atomic mass is 19.1. The van der Waals surface area contributed by atoms with Crippen LogP contribution in [-0.4, -0.2) is 47.8 Å². The van der Waals surface area contributed by atoms with Gasteiger partial charge >= 0.3 is 0 Å². The minimum Gasteiger partial charge on any atom is -0.339 e. The van der Waals surface area contributed by atoms with Crippen LogP contribution in [-0.2, 0) is 16.0 Å². The molecular formula is C21H24FN3O2. The minimum absolute atomic E-state index is 0.0313. The number of hydrogen-bond acceptors (Lipinski definition) is 3. The summed E-state index contributed by atoms with van der Waals surface area (Å²) in [7, 11) is 0. The summed E-state index contributed by atoms with van der Waals surface area (Å²) in [4.78, 5) is 28.4. The molecule has 0 radical (unpaired) electrons. The van der Waals surface area contributed by atoms with Gasteiger partial charge in [-0.05, 0) is 24.1 Å². The van der Waals surface area contributed by atoms with Crippen LogP contribution in [0.2, 0.25) is 0 Å². The van der Waals surface area contributed by atoms with Crippen molar-refractivity contribution in [2.75, 3.05) is 26.2 Å². The number of rotatable bonds is 4. The zero-order valence-electron chi connectivity index (χ0n) is 15.4. The zero-order valence-corrected chi connectivity index (χ0v) is 15.4. The molecule has 1 fully saturated rings. The third-order valence-corrected chi connectivity index (χ3v) is 4.95. The summed E-state index contributed by atoms with van der Waals surface area (Å²) in [5.74, 6) is -0.640. The first-order chi connectivity index (χ1) is 13.0. The van der Waals surface area contributed by atoms with E-state index in [1.165, 1.54) is 6.07 Å². The van der Waals surface area contributed by atoms with Gasteiger partial charge < -0.3 is 15.5 Å². The van der Waals surface area contributed by atoms with Crippen LogP contribution in [0.3, 0.4) is 0 Å². The highest BCUT2D eigenvalue weighted by Gasteiger charge is 2.28. The number of halogens is 1. The van der Waals surface area contributed by atoms with Crippen LogP contribution in [0.25, 0.3) is 0 Å². The number of nitrogens with zero attached hydrogens (tertiary/aromatic N) is 2. The molecule has 2 aromatic rings. The van der Waals surface area contributed by atoms with Crippen molar-refractivity contribution >= 4 is 11.8 Å². The first-order valence-electron chi connectivity index (χ1n) is 9.08. The third kappa shape index (κ3) is 4.52. The second kappa shape index (κ2) is 8.31. The lowest BCUT2D eigenvalue weighted by Gasteiger charge is -2.36. The molecule has 2 aromatic carbocycles. The molecule has 1 saturated heterocycles. The average Bonchev–Trinajstić information content (AvgIpc) is 2.69. The Balaban J connectivity index is 1.55. The predicted molar refractivity (Wildman–Crippen MR) is 101 cm³/mol. The third-order valence-electron chi connectivity index (χ3n) is 4.95. The lowest BCUT2D eigenvalue weighted by molar-refractivity contribution is -0.140. The van der Waals surface area contributed by atoms with E-state index in [0.29, 0.717) is 31.7 Å². The Bertz CT molecular complexity index is 814. The van der Waals surface area contributed by atoms with Crippen molar-refractivity contribution in [3.8, 4) is 0 Å². The Morgan fingerprint density at radius 3 is 2.22 bits per heavy atom. The lowest BCUT2D eigenvalue weighted by atomic mass is 10.0. The van der Waals surface area contributed by atoms with Crippen molar-refractivity contribution in [1.82, 2.24) is 9.80 Å². The van der Waals surface area contributed by atoms with Crippen LogP contribution >= 0.6 is 0 Å². The molecule has 142 valence electrons. The largest absolute Gasteiger partial charge is 0.339 e. The fourth-order valence-electron chi connectivity index (χ4n) is 3.21. The van der Waals surface area contributed by atoms with Crippen LogP contribution in [0.4, 0.5) is 4.39 Å². The molecule has 2 N–H and O–H groups in total. The topological polar surface area (TPSA) is 66.6 Å². The van der Waals surface area contributed by atoms with E-state index in [1.807, 2.05) is 31.2 Å². The van der Waals surface area contributed by atoms with Crippen molar-refractivity contribution in [1.29, 1.82) is 0 Å². The number of nitrogens with two attached hydrogens (primary N) is 1. The molecule has 0 bridgehead atoms. The molecule has 2 amide bonds. The van der Waals surface area contributed by atoms with E-state index in [1.54, 1.807) is 28.0 Å². The van der Waals surface area contributed by atoms with E-state index in [-0.39, 0.29) is 24.1 Å². The van der Waals surface area contributed by atoms with Crippen molar-refractivity contribution in [2.45, 2.75) is 19.4 Å². The Labute approximate surface area is 158 Å². The number of hydrogen-bond donors (Lipinski definition) is 1. The maximum Gasteiger partial charge on any atom is 0.244 e. The number of carbonyl (C=O) groups is 2. The maximum atomic E-state index is 13.7. The second-order valence-corrected chi connectivity index (χ2v) is 6.86. The van der Waals surface area contributed by atoms with Crippen LogP contribution in [0, 0.1) is 12.7 Å². The summed E-state index contributed by atoms with van der Waals surface area (Å²) in [6.45, 7) is 3.71. The van der Waals surface area contributed by atoms with Crippen LogP contribution in [0.5, 0.6) is 0 Å². The number of benzene rings is 2. The number of aryl methyl sites for hydroxylation is 1. The van der Waals surface area contributed by atoms with Gasteiger partial charge in [0.15, 0.2) is 0 Å². The lowest BCUT2D eigenvalue weighted by Crippen LogP contribution is -2.52. The molecule has 5 nitrogen and oxygen atoms in total. The van der Waals surface area contributed by atoms with E-state index in [0.717, 1.165) is 11.1 Å². The van der Waals surface area contributed by atoms with E-state index in [9.17, 15) is 14.0 Å². The molecule has 1 aliphatic heterocycles. The molecule has 6 heteroatoms. The normalized spacial score (nSPS) is 15.5. The molecule has 1 aliphatic rings. The summed E-state index contributed by atoms with van der Waals surface area (Å²) in [6, 6.07) is 13.2. The van der Waals surface area contributed by atoms with Gasteiger partial charge in [-0.25, -0.2) is 4.39 Å².